The lowest BCUT2D eigenvalue weighted by atomic mass is 10.1. The van der Waals surface area contributed by atoms with E-state index in [9.17, 15) is 13.6 Å². The fourth-order valence-corrected chi connectivity index (χ4v) is 1.67. The van der Waals surface area contributed by atoms with Crippen molar-refractivity contribution in [3.05, 3.63) is 59.7 Å². The summed E-state index contributed by atoms with van der Waals surface area (Å²) in [4.78, 5) is 11.7. The molecule has 0 aromatic heterocycles. The molecule has 2 aromatic rings. The van der Waals surface area contributed by atoms with Crippen molar-refractivity contribution in [2.45, 2.75) is 6.42 Å². The fourth-order valence-electron chi connectivity index (χ4n) is 1.67. The van der Waals surface area contributed by atoms with E-state index in [2.05, 4.69) is 5.32 Å². The number of rotatable bonds is 3. The van der Waals surface area contributed by atoms with Gasteiger partial charge in [0, 0.05) is 0 Å². The lowest BCUT2D eigenvalue weighted by molar-refractivity contribution is -0.115. The largest absolute Gasteiger partial charge is 0.397 e. The molecule has 1 amide bonds. The SMILES string of the molecule is Nc1cc(F)ccc1NC(=O)Cc1cccc(F)c1. The van der Waals surface area contributed by atoms with Gasteiger partial charge in [0.25, 0.3) is 0 Å². The van der Waals surface area contributed by atoms with Gasteiger partial charge < -0.3 is 11.1 Å². The number of nitrogen functional groups attached to an aromatic ring is 1. The third kappa shape index (κ3) is 3.51. The molecular weight excluding hydrogens is 250 g/mol. The van der Waals surface area contributed by atoms with Crippen LogP contribution in [-0.4, -0.2) is 5.91 Å². The summed E-state index contributed by atoms with van der Waals surface area (Å²) in [7, 11) is 0. The van der Waals surface area contributed by atoms with Crippen LogP contribution < -0.4 is 11.1 Å². The number of amides is 1. The number of hydrogen-bond donors (Lipinski definition) is 2. The molecule has 2 aromatic carbocycles. The highest BCUT2D eigenvalue weighted by atomic mass is 19.1. The Morgan fingerprint density at radius 1 is 1.11 bits per heavy atom. The normalized spacial score (nSPS) is 10.2. The van der Waals surface area contributed by atoms with E-state index >= 15 is 0 Å². The van der Waals surface area contributed by atoms with Crippen molar-refractivity contribution >= 4 is 17.3 Å². The fraction of sp³-hybridized carbons (Fsp3) is 0.0714. The molecule has 0 bridgehead atoms. The van der Waals surface area contributed by atoms with Gasteiger partial charge in [-0.15, -0.1) is 0 Å². The summed E-state index contributed by atoms with van der Waals surface area (Å²) in [5.41, 5.74) is 6.61. The summed E-state index contributed by atoms with van der Waals surface area (Å²) >= 11 is 0. The smallest absolute Gasteiger partial charge is 0.228 e. The van der Waals surface area contributed by atoms with Crippen LogP contribution in [0.25, 0.3) is 0 Å². The molecule has 0 aliphatic carbocycles. The Bertz CT molecular complexity index is 614. The third-order valence-corrected chi connectivity index (χ3v) is 2.54. The lowest BCUT2D eigenvalue weighted by Gasteiger charge is -2.08. The van der Waals surface area contributed by atoms with Gasteiger partial charge in [0.05, 0.1) is 17.8 Å². The van der Waals surface area contributed by atoms with Gasteiger partial charge >= 0.3 is 0 Å². The maximum absolute atomic E-state index is 13.0. The summed E-state index contributed by atoms with van der Waals surface area (Å²) in [6.07, 6.45) is 0.0224. The first-order chi connectivity index (χ1) is 9.04. The Labute approximate surface area is 109 Å². The van der Waals surface area contributed by atoms with Crippen LogP contribution in [0.2, 0.25) is 0 Å². The molecule has 0 spiro atoms. The van der Waals surface area contributed by atoms with Crippen LogP contribution in [0, 0.1) is 11.6 Å². The zero-order chi connectivity index (χ0) is 13.8. The van der Waals surface area contributed by atoms with Gasteiger partial charge in [0.1, 0.15) is 11.6 Å². The van der Waals surface area contributed by atoms with Crippen LogP contribution in [0.3, 0.4) is 0 Å². The number of carbonyl (C=O) groups excluding carboxylic acids is 1. The first kappa shape index (κ1) is 13.0. The average molecular weight is 262 g/mol. The maximum Gasteiger partial charge on any atom is 0.228 e. The second kappa shape index (κ2) is 5.48. The molecule has 0 fully saturated rings. The van der Waals surface area contributed by atoms with Gasteiger partial charge in [-0.25, -0.2) is 8.78 Å². The molecular formula is C14H12F2N2O. The monoisotopic (exact) mass is 262 g/mol. The summed E-state index contributed by atoms with van der Waals surface area (Å²) < 4.78 is 25.8. The van der Waals surface area contributed by atoms with E-state index in [0.29, 0.717) is 11.3 Å². The highest BCUT2D eigenvalue weighted by molar-refractivity contribution is 5.95. The topological polar surface area (TPSA) is 55.1 Å². The number of carbonyl (C=O) groups is 1. The zero-order valence-electron chi connectivity index (χ0n) is 9.99. The number of nitrogens with two attached hydrogens (primary N) is 1. The van der Waals surface area contributed by atoms with Gasteiger partial charge in [-0.05, 0) is 35.9 Å². The van der Waals surface area contributed by atoms with Gasteiger partial charge in [0.2, 0.25) is 5.91 Å². The standard InChI is InChI=1S/C14H12F2N2O/c15-10-3-1-2-9(6-10)7-14(19)18-13-5-4-11(16)8-12(13)17/h1-6,8H,7,17H2,(H,18,19). The van der Waals surface area contributed by atoms with Crippen molar-refractivity contribution < 1.29 is 13.6 Å². The quantitative estimate of drug-likeness (QED) is 0.836. The van der Waals surface area contributed by atoms with Crippen molar-refractivity contribution in [3.63, 3.8) is 0 Å². The van der Waals surface area contributed by atoms with Gasteiger partial charge in [-0.1, -0.05) is 12.1 Å². The summed E-state index contributed by atoms with van der Waals surface area (Å²) in [5, 5.41) is 2.55. The Balaban J connectivity index is 2.05. The molecule has 0 radical (unpaired) electrons. The van der Waals surface area contributed by atoms with Gasteiger partial charge in [-0.3, -0.25) is 4.79 Å². The molecule has 0 aliphatic rings. The van der Waals surface area contributed by atoms with E-state index < -0.39 is 11.6 Å². The van der Waals surface area contributed by atoms with Crippen molar-refractivity contribution in [1.29, 1.82) is 0 Å². The van der Waals surface area contributed by atoms with E-state index in [1.807, 2.05) is 0 Å². The molecule has 0 saturated carbocycles. The Hall–Kier alpha value is -2.43. The number of hydrogen-bond acceptors (Lipinski definition) is 2. The number of halogens is 2. The van der Waals surface area contributed by atoms with Crippen LogP contribution in [0.1, 0.15) is 5.56 Å². The minimum atomic E-state index is -0.472. The molecule has 5 heteroatoms. The van der Waals surface area contributed by atoms with Crippen LogP contribution in [0.15, 0.2) is 42.5 Å². The predicted molar refractivity (Wildman–Crippen MR) is 69.5 cm³/mol. The molecule has 3 N–H and O–H groups in total. The second-order valence-electron chi connectivity index (χ2n) is 4.09. The zero-order valence-corrected chi connectivity index (χ0v) is 9.99. The molecule has 0 unspecified atom stereocenters. The molecule has 3 nitrogen and oxygen atoms in total. The van der Waals surface area contributed by atoms with Crippen molar-refractivity contribution in [2.24, 2.45) is 0 Å². The Morgan fingerprint density at radius 2 is 1.84 bits per heavy atom. The van der Waals surface area contributed by atoms with E-state index in [1.54, 1.807) is 6.07 Å². The van der Waals surface area contributed by atoms with Crippen LogP contribution in [0.5, 0.6) is 0 Å². The van der Waals surface area contributed by atoms with E-state index in [1.165, 1.54) is 30.3 Å². The minimum absolute atomic E-state index is 0.0224. The van der Waals surface area contributed by atoms with E-state index in [-0.39, 0.29) is 18.0 Å². The predicted octanol–water partition coefficient (Wildman–Crippen LogP) is 2.73. The highest BCUT2D eigenvalue weighted by Crippen LogP contribution is 2.19. The lowest BCUT2D eigenvalue weighted by Crippen LogP contribution is -2.15. The van der Waals surface area contributed by atoms with Crippen molar-refractivity contribution in [2.75, 3.05) is 11.1 Å². The molecule has 0 saturated heterocycles. The highest BCUT2D eigenvalue weighted by Gasteiger charge is 2.07. The first-order valence-electron chi connectivity index (χ1n) is 5.64. The van der Waals surface area contributed by atoms with Crippen LogP contribution in [-0.2, 0) is 11.2 Å². The number of nitrogens with one attached hydrogen (secondary N) is 1. The Kier molecular flexibility index (Phi) is 3.75. The first-order valence-corrected chi connectivity index (χ1v) is 5.64. The molecule has 19 heavy (non-hydrogen) atoms. The van der Waals surface area contributed by atoms with Crippen molar-refractivity contribution in [3.8, 4) is 0 Å². The molecule has 2 rings (SSSR count). The third-order valence-electron chi connectivity index (χ3n) is 2.54. The molecule has 0 aliphatic heterocycles. The molecule has 0 heterocycles. The Morgan fingerprint density at radius 3 is 2.53 bits per heavy atom. The summed E-state index contributed by atoms with van der Waals surface area (Å²) in [5.74, 6) is -1.21. The molecule has 98 valence electrons. The van der Waals surface area contributed by atoms with Crippen LogP contribution in [0.4, 0.5) is 20.2 Å². The van der Waals surface area contributed by atoms with Gasteiger partial charge in [0.15, 0.2) is 0 Å². The van der Waals surface area contributed by atoms with Gasteiger partial charge in [-0.2, -0.15) is 0 Å². The molecule has 0 atom stereocenters. The summed E-state index contributed by atoms with van der Waals surface area (Å²) in [6, 6.07) is 9.48. The maximum atomic E-state index is 13.0. The van der Waals surface area contributed by atoms with Crippen molar-refractivity contribution in [1.82, 2.24) is 0 Å². The number of benzene rings is 2. The van der Waals surface area contributed by atoms with Crippen LogP contribution >= 0.6 is 0 Å². The summed E-state index contributed by atoms with van der Waals surface area (Å²) in [6.45, 7) is 0. The number of anilines is 2. The van der Waals surface area contributed by atoms with E-state index in [4.69, 9.17) is 5.73 Å². The second-order valence-corrected chi connectivity index (χ2v) is 4.09. The van der Waals surface area contributed by atoms with E-state index in [0.717, 1.165) is 6.07 Å². The minimum Gasteiger partial charge on any atom is -0.397 e. The average Bonchev–Trinajstić information content (AvgIpc) is 2.33.